The first-order valence-corrected chi connectivity index (χ1v) is 8.51. The van der Waals surface area contributed by atoms with Crippen LogP contribution in [0.25, 0.3) is 0 Å². The van der Waals surface area contributed by atoms with Gasteiger partial charge in [-0.05, 0) is 43.2 Å². The van der Waals surface area contributed by atoms with Crippen molar-refractivity contribution in [1.82, 2.24) is 5.32 Å². The summed E-state index contributed by atoms with van der Waals surface area (Å²) < 4.78 is 28.4. The number of thioether (sulfide) groups is 1. The first-order valence-electron chi connectivity index (χ1n) is 7.53. The van der Waals surface area contributed by atoms with Gasteiger partial charge in [0.25, 0.3) is 0 Å². The van der Waals surface area contributed by atoms with Crippen LogP contribution >= 0.6 is 11.8 Å². The highest BCUT2D eigenvalue weighted by molar-refractivity contribution is 8.00. The van der Waals surface area contributed by atoms with Crippen LogP contribution in [0, 0.1) is 6.92 Å². The highest BCUT2D eigenvalue weighted by Crippen LogP contribution is 2.18. The minimum Gasteiger partial charge on any atom is -0.435 e. The Morgan fingerprint density at radius 1 is 1.12 bits per heavy atom. The van der Waals surface area contributed by atoms with Gasteiger partial charge < -0.3 is 10.1 Å². The minimum absolute atomic E-state index is 0.0294. The number of alkyl halides is 2. The van der Waals surface area contributed by atoms with Crippen LogP contribution in [0.5, 0.6) is 5.75 Å². The monoisotopic (exact) mass is 351 g/mol. The van der Waals surface area contributed by atoms with Gasteiger partial charge in [-0.2, -0.15) is 8.78 Å². The molecule has 0 aliphatic heterocycles. The summed E-state index contributed by atoms with van der Waals surface area (Å²) in [5.74, 6) is 0.468. The van der Waals surface area contributed by atoms with Gasteiger partial charge in [0, 0.05) is 11.4 Å². The molecule has 0 saturated carbocycles. The van der Waals surface area contributed by atoms with E-state index < -0.39 is 6.61 Å². The molecular weight excluding hydrogens is 332 g/mol. The van der Waals surface area contributed by atoms with E-state index in [1.807, 2.05) is 31.2 Å². The van der Waals surface area contributed by atoms with E-state index in [1.54, 1.807) is 12.1 Å². The van der Waals surface area contributed by atoms with Crippen molar-refractivity contribution >= 4 is 17.7 Å². The van der Waals surface area contributed by atoms with Crippen molar-refractivity contribution in [1.29, 1.82) is 0 Å². The predicted molar refractivity (Wildman–Crippen MR) is 91.7 cm³/mol. The summed E-state index contributed by atoms with van der Waals surface area (Å²) in [6.45, 7) is -0.295. The summed E-state index contributed by atoms with van der Waals surface area (Å²) in [5, 5.41) is 2.85. The number of rotatable bonds is 8. The lowest BCUT2D eigenvalue weighted by atomic mass is 10.1. The molecule has 3 nitrogen and oxygen atoms in total. The van der Waals surface area contributed by atoms with Crippen molar-refractivity contribution < 1.29 is 18.3 Å². The Bertz CT molecular complexity index is 645. The predicted octanol–water partition coefficient (Wildman–Crippen LogP) is 4.05. The first-order chi connectivity index (χ1) is 11.5. The van der Waals surface area contributed by atoms with Gasteiger partial charge in [-0.15, -0.1) is 11.8 Å². The highest BCUT2D eigenvalue weighted by atomic mass is 32.2. The number of hydrogen-bond donors (Lipinski definition) is 1. The van der Waals surface area contributed by atoms with E-state index in [2.05, 4.69) is 10.1 Å². The average Bonchev–Trinajstić information content (AvgIpc) is 2.55. The lowest BCUT2D eigenvalue weighted by Gasteiger charge is -2.07. The second-order valence-electron chi connectivity index (χ2n) is 5.22. The van der Waals surface area contributed by atoms with Crippen molar-refractivity contribution in [2.75, 3.05) is 12.3 Å². The third-order valence-electron chi connectivity index (χ3n) is 3.28. The maximum absolute atomic E-state index is 12.1. The number of carbonyl (C=O) groups excluding carboxylic acids is 1. The Labute approximate surface area is 144 Å². The molecule has 0 saturated heterocycles. The molecule has 0 aliphatic carbocycles. The molecule has 128 valence electrons. The van der Waals surface area contributed by atoms with Gasteiger partial charge in [0.2, 0.25) is 5.91 Å². The molecule has 0 heterocycles. The zero-order valence-corrected chi connectivity index (χ0v) is 14.1. The summed E-state index contributed by atoms with van der Waals surface area (Å²) in [4.78, 5) is 12.9. The number of carbonyl (C=O) groups is 1. The summed E-state index contributed by atoms with van der Waals surface area (Å²) in [6, 6.07) is 14.4. The van der Waals surface area contributed by atoms with E-state index in [9.17, 15) is 13.6 Å². The normalized spacial score (nSPS) is 10.7. The van der Waals surface area contributed by atoms with Gasteiger partial charge in [0.05, 0.1) is 5.75 Å². The van der Waals surface area contributed by atoms with Crippen LogP contribution < -0.4 is 10.1 Å². The minimum atomic E-state index is -2.82. The summed E-state index contributed by atoms with van der Waals surface area (Å²) in [6.07, 6.45) is 0.635. The number of amides is 1. The number of hydrogen-bond acceptors (Lipinski definition) is 3. The second kappa shape index (κ2) is 9.27. The maximum atomic E-state index is 12.1. The second-order valence-corrected chi connectivity index (χ2v) is 6.27. The SMILES string of the molecule is Cc1ccc(SCC(=O)NCCc2ccc(OC(F)F)cc2)cc1. The van der Waals surface area contributed by atoms with Crippen molar-refractivity contribution in [3.8, 4) is 5.75 Å². The molecule has 6 heteroatoms. The third kappa shape index (κ3) is 6.58. The smallest absolute Gasteiger partial charge is 0.387 e. The van der Waals surface area contributed by atoms with Crippen LogP contribution in [0.1, 0.15) is 11.1 Å². The molecule has 0 aromatic heterocycles. The van der Waals surface area contributed by atoms with Crippen molar-refractivity contribution in [3.05, 3.63) is 59.7 Å². The van der Waals surface area contributed by atoms with E-state index in [0.29, 0.717) is 18.7 Å². The summed E-state index contributed by atoms with van der Waals surface area (Å²) in [7, 11) is 0. The van der Waals surface area contributed by atoms with Crippen molar-refractivity contribution in [2.45, 2.75) is 24.9 Å². The molecule has 0 atom stereocenters. The topological polar surface area (TPSA) is 38.3 Å². The third-order valence-corrected chi connectivity index (χ3v) is 4.29. The maximum Gasteiger partial charge on any atom is 0.387 e. The van der Waals surface area contributed by atoms with Crippen molar-refractivity contribution in [2.24, 2.45) is 0 Å². The Hall–Kier alpha value is -2.08. The van der Waals surface area contributed by atoms with E-state index in [4.69, 9.17) is 0 Å². The lowest BCUT2D eigenvalue weighted by molar-refractivity contribution is -0.118. The average molecular weight is 351 g/mol. The molecular formula is C18H19F2NO2S. The number of aryl methyl sites for hydroxylation is 1. The molecule has 2 aromatic rings. The molecule has 0 radical (unpaired) electrons. The molecule has 2 aromatic carbocycles. The molecule has 24 heavy (non-hydrogen) atoms. The fourth-order valence-corrected chi connectivity index (χ4v) is 2.75. The van der Waals surface area contributed by atoms with Crippen LogP contribution in [0.3, 0.4) is 0 Å². The number of benzene rings is 2. The van der Waals surface area contributed by atoms with Gasteiger partial charge in [-0.3, -0.25) is 4.79 Å². The fraction of sp³-hybridized carbons (Fsp3) is 0.278. The Kier molecular flexibility index (Phi) is 7.06. The Morgan fingerprint density at radius 2 is 1.79 bits per heavy atom. The van der Waals surface area contributed by atoms with E-state index in [-0.39, 0.29) is 11.7 Å². The van der Waals surface area contributed by atoms with E-state index in [1.165, 1.54) is 29.5 Å². The lowest BCUT2D eigenvalue weighted by Crippen LogP contribution is -2.27. The van der Waals surface area contributed by atoms with Crippen LogP contribution in [-0.2, 0) is 11.2 Å². The highest BCUT2D eigenvalue weighted by Gasteiger charge is 2.05. The van der Waals surface area contributed by atoms with Gasteiger partial charge in [0.1, 0.15) is 5.75 Å². The van der Waals surface area contributed by atoms with Gasteiger partial charge >= 0.3 is 6.61 Å². The van der Waals surface area contributed by atoms with Gasteiger partial charge in [-0.25, -0.2) is 0 Å². The largest absolute Gasteiger partial charge is 0.435 e. The molecule has 1 amide bonds. The Morgan fingerprint density at radius 3 is 2.42 bits per heavy atom. The van der Waals surface area contributed by atoms with Crippen LogP contribution in [0.15, 0.2) is 53.4 Å². The quantitative estimate of drug-likeness (QED) is 0.729. The molecule has 0 spiro atoms. The molecule has 0 fully saturated rings. The fourth-order valence-electron chi connectivity index (χ4n) is 2.02. The molecule has 0 aliphatic rings. The van der Waals surface area contributed by atoms with Crippen LogP contribution in [-0.4, -0.2) is 24.8 Å². The number of ether oxygens (including phenoxy) is 1. The standard InChI is InChI=1S/C18H19F2NO2S/c1-13-2-8-16(9-3-13)24-12-17(22)21-11-10-14-4-6-15(7-5-14)23-18(19)20/h2-9,18H,10-12H2,1H3,(H,21,22). The van der Waals surface area contributed by atoms with Crippen LogP contribution in [0.2, 0.25) is 0 Å². The molecule has 2 rings (SSSR count). The Balaban J connectivity index is 1.67. The zero-order chi connectivity index (χ0) is 17.4. The summed E-state index contributed by atoms with van der Waals surface area (Å²) >= 11 is 1.49. The first kappa shape index (κ1) is 18.3. The zero-order valence-electron chi connectivity index (χ0n) is 13.3. The van der Waals surface area contributed by atoms with E-state index in [0.717, 1.165) is 10.5 Å². The number of halogens is 2. The van der Waals surface area contributed by atoms with Crippen LogP contribution in [0.4, 0.5) is 8.78 Å². The number of nitrogens with one attached hydrogen (secondary N) is 1. The van der Waals surface area contributed by atoms with E-state index >= 15 is 0 Å². The van der Waals surface area contributed by atoms with Gasteiger partial charge in [0.15, 0.2) is 0 Å². The molecule has 0 bridgehead atoms. The summed E-state index contributed by atoms with van der Waals surface area (Å²) in [5.41, 5.74) is 2.14. The molecule has 1 N–H and O–H groups in total. The molecule has 0 unspecified atom stereocenters. The van der Waals surface area contributed by atoms with Crippen molar-refractivity contribution in [3.63, 3.8) is 0 Å². The van der Waals surface area contributed by atoms with Gasteiger partial charge in [-0.1, -0.05) is 29.8 Å².